The number of aryl methyl sites for hydroxylation is 1. The van der Waals surface area contributed by atoms with Gasteiger partial charge in [-0.15, -0.1) is 0 Å². The molecule has 0 heterocycles. The second-order valence-corrected chi connectivity index (χ2v) is 4.99. The van der Waals surface area contributed by atoms with Gasteiger partial charge in [-0.2, -0.15) is 0 Å². The van der Waals surface area contributed by atoms with E-state index in [0.717, 1.165) is 5.56 Å². The zero-order valence-corrected chi connectivity index (χ0v) is 12.1. The van der Waals surface area contributed by atoms with Gasteiger partial charge in [0, 0.05) is 11.3 Å². The normalized spacial score (nSPS) is 10.2. The lowest BCUT2D eigenvalue weighted by Gasteiger charge is -2.08. The minimum absolute atomic E-state index is 0.201. The fourth-order valence-electron chi connectivity index (χ4n) is 1.78. The molecule has 2 aromatic carbocycles. The van der Waals surface area contributed by atoms with Gasteiger partial charge in [-0.25, -0.2) is 0 Å². The van der Waals surface area contributed by atoms with Gasteiger partial charge in [0.2, 0.25) is 0 Å². The summed E-state index contributed by atoms with van der Waals surface area (Å²) in [7, 11) is 0. The summed E-state index contributed by atoms with van der Waals surface area (Å²) in [5.74, 6) is -0.232. The molecule has 0 bridgehead atoms. The molecule has 0 saturated heterocycles. The number of hydrogen-bond donors (Lipinski definition) is 1. The highest BCUT2D eigenvalue weighted by atomic mass is 35.5. The molecule has 0 saturated carbocycles. The summed E-state index contributed by atoms with van der Waals surface area (Å²) in [5, 5.41) is 2.30. The average Bonchev–Trinajstić information content (AvgIpc) is 2.38. The minimum atomic E-state index is -0.633. The molecule has 0 aliphatic heterocycles. The molecule has 20 heavy (non-hydrogen) atoms. The van der Waals surface area contributed by atoms with Crippen LogP contribution in [0.4, 0.5) is 5.69 Å². The Balaban J connectivity index is 2.23. The maximum atomic E-state index is 12.1. The highest BCUT2D eigenvalue weighted by Gasteiger charge is 2.11. The average molecular weight is 308 g/mol. The molecule has 0 aliphatic carbocycles. The Kier molecular flexibility index (Phi) is 4.42. The Morgan fingerprint density at radius 1 is 1.05 bits per heavy atom. The first-order valence-corrected chi connectivity index (χ1v) is 6.61. The first kappa shape index (κ1) is 14.6. The van der Waals surface area contributed by atoms with Crippen LogP contribution in [0.15, 0.2) is 42.5 Å². The van der Waals surface area contributed by atoms with Crippen molar-refractivity contribution in [2.45, 2.75) is 6.92 Å². The number of hydrogen-bond acceptors (Lipinski definition) is 2. The molecule has 0 unspecified atom stereocenters. The summed E-state index contributed by atoms with van der Waals surface area (Å²) in [5.41, 5.74) is 2.18. The van der Waals surface area contributed by atoms with Gasteiger partial charge >= 0.3 is 0 Å². The van der Waals surface area contributed by atoms with Gasteiger partial charge in [0.25, 0.3) is 11.1 Å². The van der Waals surface area contributed by atoms with Crippen LogP contribution in [0.1, 0.15) is 26.3 Å². The predicted molar refractivity (Wildman–Crippen MR) is 80.8 cm³/mol. The number of rotatable bonds is 3. The standard InChI is InChI=1S/C15H11Cl2NO2/c1-9-4-2-3-5-11(9)15(20)18-10-6-7-12(14(17)19)13(16)8-10/h2-8H,1H3,(H,18,20). The van der Waals surface area contributed by atoms with Gasteiger partial charge in [0.1, 0.15) is 0 Å². The Morgan fingerprint density at radius 2 is 1.75 bits per heavy atom. The lowest BCUT2D eigenvalue weighted by Crippen LogP contribution is -2.13. The number of amides is 1. The molecule has 2 rings (SSSR count). The molecule has 3 nitrogen and oxygen atoms in total. The molecule has 5 heteroatoms. The van der Waals surface area contributed by atoms with Crippen molar-refractivity contribution >= 4 is 40.0 Å². The quantitative estimate of drug-likeness (QED) is 0.860. The van der Waals surface area contributed by atoms with Crippen LogP contribution in [-0.2, 0) is 0 Å². The highest BCUT2D eigenvalue weighted by molar-refractivity contribution is 6.68. The Morgan fingerprint density at radius 3 is 2.35 bits per heavy atom. The molecule has 2 aromatic rings. The summed E-state index contributed by atoms with van der Waals surface area (Å²) >= 11 is 11.3. The lowest BCUT2D eigenvalue weighted by molar-refractivity contribution is 0.102. The van der Waals surface area contributed by atoms with E-state index in [1.807, 2.05) is 19.1 Å². The first-order chi connectivity index (χ1) is 9.49. The van der Waals surface area contributed by atoms with Crippen LogP contribution < -0.4 is 5.32 Å². The van der Waals surface area contributed by atoms with Crippen molar-refractivity contribution < 1.29 is 9.59 Å². The van der Waals surface area contributed by atoms with Gasteiger partial charge in [0.15, 0.2) is 0 Å². The molecule has 1 N–H and O–H groups in total. The maximum absolute atomic E-state index is 12.1. The number of carbonyl (C=O) groups excluding carboxylic acids is 2. The van der Waals surface area contributed by atoms with Gasteiger partial charge in [-0.1, -0.05) is 29.8 Å². The van der Waals surface area contributed by atoms with Crippen molar-refractivity contribution in [3.63, 3.8) is 0 Å². The predicted octanol–water partition coefficient (Wildman–Crippen LogP) is 4.28. The van der Waals surface area contributed by atoms with Gasteiger partial charge in [-0.3, -0.25) is 9.59 Å². The largest absolute Gasteiger partial charge is 0.322 e. The van der Waals surface area contributed by atoms with Crippen LogP contribution >= 0.6 is 23.2 Å². The zero-order chi connectivity index (χ0) is 14.7. The fourth-order valence-corrected chi connectivity index (χ4v) is 2.26. The second kappa shape index (κ2) is 6.07. The topological polar surface area (TPSA) is 46.2 Å². The van der Waals surface area contributed by atoms with E-state index in [-0.39, 0.29) is 16.5 Å². The summed E-state index contributed by atoms with van der Waals surface area (Å²) in [4.78, 5) is 23.2. The summed E-state index contributed by atoms with van der Waals surface area (Å²) in [6, 6.07) is 11.8. The van der Waals surface area contributed by atoms with Crippen molar-refractivity contribution in [3.05, 3.63) is 64.2 Å². The third-order valence-electron chi connectivity index (χ3n) is 2.83. The SMILES string of the molecule is Cc1ccccc1C(=O)Nc1ccc(C(=O)Cl)c(Cl)c1. The van der Waals surface area contributed by atoms with Gasteiger partial charge < -0.3 is 5.32 Å². The second-order valence-electron chi connectivity index (χ2n) is 4.24. The summed E-state index contributed by atoms with van der Waals surface area (Å²) < 4.78 is 0. The fraction of sp³-hybridized carbons (Fsp3) is 0.0667. The minimum Gasteiger partial charge on any atom is -0.322 e. The van der Waals surface area contributed by atoms with Crippen molar-refractivity contribution in [2.24, 2.45) is 0 Å². The Labute approximate surface area is 126 Å². The molecular formula is C15H11Cl2NO2. The number of anilines is 1. The van der Waals surface area contributed by atoms with E-state index in [4.69, 9.17) is 23.2 Å². The van der Waals surface area contributed by atoms with E-state index in [2.05, 4.69) is 5.32 Å². The summed E-state index contributed by atoms with van der Waals surface area (Å²) in [6.07, 6.45) is 0. The van der Waals surface area contributed by atoms with E-state index in [0.29, 0.717) is 11.3 Å². The van der Waals surface area contributed by atoms with Crippen molar-refractivity contribution in [1.29, 1.82) is 0 Å². The van der Waals surface area contributed by atoms with Crippen LogP contribution in [0.5, 0.6) is 0 Å². The number of carbonyl (C=O) groups is 2. The van der Waals surface area contributed by atoms with Crippen molar-refractivity contribution in [1.82, 2.24) is 0 Å². The van der Waals surface area contributed by atoms with Crippen LogP contribution in [-0.4, -0.2) is 11.1 Å². The van der Waals surface area contributed by atoms with Crippen LogP contribution in [0, 0.1) is 6.92 Å². The number of benzene rings is 2. The third-order valence-corrected chi connectivity index (χ3v) is 3.34. The molecule has 102 valence electrons. The number of halogens is 2. The van der Waals surface area contributed by atoms with Crippen molar-refractivity contribution in [3.8, 4) is 0 Å². The lowest BCUT2D eigenvalue weighted by atomic mass is 10.1. The van der Waals surface area contributed by atoms with Gasteiger partial charge in [-0.05, 0) is 48.4 Å². The third kappa shape index (κ3) is 3.18. The highest BCUT2D eigenvalue weighted by Crippen LogP contribution is 2.23. The van der Waals surface area contributed by atoms with E-state index < -0.39 is 5.24 Å². The Bertz CT molecular complexity index is 683. The Hall–Kier alpha value is -1.84. The molecule has 0 spiro atoms. The smallest absolute Gasteiger partial charge is 0.255 e. The van der Waals surface area contributed by atoms with Crippen LogP contribution in [0.25, 0.3) is 0 Å². The summed E-state index contributed by atoms with van der Waals surface area (Å²) in [6.45, 7) is 1.86. The molecule has 0 aromatic heterocycles. The van der Waals surface area contributed by atoms with E-state index in [1.165, 1.54) is 12.1 Å². The molecule has 0 atom stereocenters. The van der Waals surface area contributed by atoms with E-state index in [9.17, 15) is 9.59 Å². The van der Waals surface area contributed by atoms with Gasteiger partial charge in [0.05, 0.1) is 10.6 Å². The molecular weight excluding hydrogens is 297 g/mol. The first-order valence-electron chi connectivity index (χ1n) is 5.85. The molecule has 1 amide bonds. The van der Waals surface area contributed by atoms with Crippen LogP contribution in [0.2, 0.25) is 5.02 Å². The molecule has 0 radical (unpaired) electrons. The monoisotopic (exact) mass is 307 g/mol. The van der Waals surface area contributed by atoms with E-state index >= 15 is 0 Å². The van der Waals surface area contributed by atoms with Crippen LogP contribution in [0.3, 0.4) is 0 Å². The van der Waals surface area contributed by atoms with Crippen molar-refractivity contribution in [2.75, 3.05) is 5.32 Å². The number of nitrogens with one attached hydrogen (secondary N) is 1. The van der Waals surface area contributed by atoms with E-state index in [1.54, 1.807) is 18.2 Å². The maximum Gasteiger partial charge on any atom is 0.255 e. The zero-order valence-electron chi connectivity index (χ0n) is 10.6. The molecule has 0 fully saturated rings. The molecule has 0 aliphatic rings.